The van der Waals surface area contributed by atoms with Crippen molar-refractivity contribution in [1.82, 2.24) is 4.98 Å². The lowest BCUT2D eigenvalue weighted by atomic mass is 10.2. The van der Waals surface area contributed by atoms with Crippen molar-refractivity contribution in [2.45, 2.75) is 20.3 Å². The third kappa shape index (κ3) is 3.73. The van der Waals surface area contributed by atoms with Gasteiger partial charge in [0.25, 0.3) is 6.43 Å². The smallest absolute Gasteiger partial charge is 0.356 e. The Hall–Kier alpha value is -1.23. The number of alkyl halides is 2. The van der Waals surface area contributed by atoms with Gasteiger partial charge in [-0.15, -0.1) is 0 Å². The van der Waals surface area contributed by atoms with Crippen LogP contribution in [0, 0.1) is 0 Å². The molecule has 0 spiro atoms. The first-order valence-corrected chi connectivity index (χ1v) is 4.96. The molecular formula is C10H12ClF2NO2. The summed E-state index contributed by atoms with van der Waals surface area (Å²) in [6.45, 7) is 4.00. The van der Waals surface area contributed by atoms with Gasteiger partial charge in [0.2, 0.25) is 0 Å². The van der Waals surface area contributed by atoms with Gasteiger partial charge in [-0.1, -0.05) is 25.4 Å². The van der Waals surface area contributed by atoms with Crippen LogP contribution in [-0.4, -0.2) is 18.1 Å². The molecule has 0 radical (unpaired) electrons. The molecule has 0 saturated heterocycles. The third-order valence-electron chi connectivity index (χ3n) is 1.51. The van der Waals surface area contributed by atoms with Crippen LogP contribution in [-0.2, 0) is 4.74 Å². The van der Waals surface area contributed by atoms with Gasteiger partial charge in [-0.25, -0.2) is 18.6 Å². The Labute approximate surface area is 97.4 Å². The van der Waals surface area contributed by atoms with Crippen LogP contribution in [0.5, 0.6) is 0 Å². The number of carbonyl (C=O) groups is 1. The Morgan fingerprint density at radius 2 is 2.06 bits per heavy atom. The zero-order valence-corrected chi connectivity index (χ0v) is 9.89. The lowest BCUT2D eigenvalue weighted by Crippen LogP contribution is -2.04. The van der Waals surface area contributed by atoms with Crippen molar-refractivity contribution in [3.63, 3.8) is 0 Å². The number of halogens is 3. The molecule has 6 heteroatoms. The average molecular weight is 252 g/mol. The highest BCUT2D eigenvalue weighted by Crippen LogP contribution is 2.26. The predicted molar refractivity (Wildman–Crippen MR) is 56.9 cm³/mol. The maximum atomic E-state index is 12.2. The van der Waals surface area contributed by atoms with Crippen molar-refractivity contribution < 1.29 is 18.3 Å². The second kappa shape index (κ2) is 7.11. The molecule has 0 aliphatic rings. The minimum Gasteiger partial charge on any atom is -0.464 e. The van der Waals surface area contributed by atoms with Crippen LogP contribution in [0.15, 0.2) is 12.3 Å². The van der Waals surface area contributed by atoms with Gasteiger partial charge < -0.3 is 4.74 Å². The van der Waals surface area contributed by atoms with Gasteiger partial charge in [-0.2, -0.15) is 0 Å². The number of hydrogen-bond donors (Lipinski definition) is 0. The van der Waals surface area contributed by atoms with E-state index in [0.717, 1.165) is 12.3 Å². The third-order valence-corrected chi connectivity index (χ3v) is 1.84. The van der Waals surface area contributed by atoms with Gasteiger partial charge in [-0.3, -0.25) is 0 Å². The van der Waals surface area contributed by atoms with Gasteiger partial charge >= 0.3 is 5.97 Å². The molecule has 16 heavy (non-hydrogen) atoms. The van der Waals surface area contributed by atoms with E-state index in [4.69, 9.17) is 11.6 Å². The molecule has 0 aliphatic heterocycles. The fourth-order valence-corrected chi connectivity index (χ4v) is 1.05. The number of carbonyl (C=O) groups excluding carboxylic acids is 1. The number of methoxy groups -OCH3 is 1. The molecule has 0 unspecified atom stereocenters. The molecule has 3 nitrogen and oxygen atoms in total. The van der Waals surface area contributed by atoms with E-state index >= 15 is 0 Å². The first-order chi connectivity index (χ1) is 7.56. The summed E-state index contributed by atoms with van der Waals surface area (Å²) in [6, 6.07) is 1.05. The molecule has 1 aromatic rings. The van der Waals surface area contributed by atoms with E-state index < -0.39 is 18.0 Å². The van der Waals surface area contributed by atoms with Gasteiger partial charge in [0.15, 0.2) is 0 Å². The maximum absolute atomic E-state index is 12.2. The fourth-order valence-electron chi connectivity index (χ4n) is 0.818. The molecule has 0 N–H and O–H groups in total. The first kappa shape index (κ1) is 14.8. The van der Waals surface area contributed by atoms with E-state index in [1.165, 1.54) is 7.11 Å². The van der Waals surface area contributed by atoms with Gasteiger partial charge in [-0.05, 0) is 6.07 Å². The number of pyridine rings is 1. The predicted octanol–water partition coefficient (Wildman–Crippen LogP) is 3.49. The number of aromatic nitrogens is 1. The molecule has 1 rings (SSSR count). The largest absolute Gasteiger partial charge is 0.464 e. The lowest BCUT2D eigenvalue weighted by molar-refractivity contribution is 0.0593. The molecule has 0 atom stereocenters. The highest BCUT2D eigenvalue weighted by molar-refractivity contribution is 6.31. The zero-order chi connectivity index (χ0) is 12.7. The SMILES string of the molecule is CC.COC(=O)c1cc(Cl)c(C(F)F)cn1. The van der Waals surface area contributed by atoms with E-state index in [0.29, 0.717) is 0 Å². The van der Waals surface area contributed by atoms with Crippen LogP contribution >= 0.6 is 11.6 Å². The Kier molecular flexibility index (Phi) is 6.56. The van der Waals surface area contributed by atoms with Crippen LogP contribution in [0.1, 0.15) is 36.3 Å². The summed E-state index contributed by atoms with van der Waals surface area (Å²) in [4.78, 5) is 14.4. The lowest BCUT2D eigenvalue weighted by Gasteiger charge is -2.03. The topological polar surface area (TPSA) is 39.2 Å². The Bertz CT molecular complexity index is 359. The average Bonchev–Trinajstić information content (AvgIpc) is 2.30. The Morgan fingerprint density at radius 3 is 2.44 bits per heavy atom. The van der Waals surface area contributed by atoms with Crippen LogP contribution in [0.3, 0.4) is 0 Å². The van der Waals surface area contributed by atoms with E-state index in [9.17, 15) is 13.6 Å². The Morgan fingerprint density at radius 1 is 1.50 bits per heavy atom. The molecule has 0 bridgehead atoms. The monoisotopic (exact) mass is 251 g/mol. The minimum atomic E-state index is -2.71. The normalized spacial score (nSPS) is 9.44. The van der Waals surface area contributed by atoms with E-state index in [1.807, 2.05) is 13.8 Å². The second-order valence-corrected chi connectivity index (χ2v) is 2.79. The number of hydrogen-bond acceptors (Lipinski definition) is 3. The minimum absolute atomic E-state index is 0.0955. The number of nitrogens with zero attached hydrogens (tertiary/aromatic N) is 1. The molecule has 0 amide bonds. The highest BCUT2D eigenvalue weighted by Gasteiger charge is 2.15. The van der Waals surface area contributed by atoms with Crippen LogP contribution in [0.4, 0.5) is 8.78 Å². The molecule has 1 heterocycles. The number of esters is 1. The summed E-state index contributed by atoms with van der Waals surface area (Å²) < 4.78 is 28.7. The number of rotatable bonds is 2. The molecule has 0 fully saturated rings. The fraction of sp³-hybridized carbons (Fsp3) is 0.400. The van der Waals surface area contributed by atoms with Crippen molar-refractivity contribution in [3.05, 3.63) is 28.5 Å². The van der Waals surface area contributed by atoms with Crippen molar-refractivity contribution in [1.29, 1.82) is 0 Å². The van der Waals surface area contributed by atoms with Crippen molar-refractivity contribution in [2.24, 2.45) is 0 Å². The van der Waals surface area contributed by atoms with Gasteiger partial charge in [0.05, 0.1) is 17.7 Å². The van der Waals surface area contributed by atoms with E-state index in [2.05, 4.69) is 9.72 Å². The quantitative estimate of drug-likeness (QED) is 0.756. The maximum Gasteiger partial charge on any atom is 0.356 e. The summed E-state index contributed by atoms with van der Waals surface area (Å²) in [7, 11) is 1.17. The molecule has 1 aromatic heterocycles. The molecule has 0 aliphatic carbocycles. The summed E-state index contributed by atoms with van der Waals surface area (Å²) in [5.74, 6) is -0.715. The summed E-state index contributed by atoms with van der Waals surface area (Å²) >= 11 is 5.50. The Balaban J connectivity index is 0.00000106. The second-order valence-electron chi connectivity index (χ2n) is 2.38. The highest BCUT2D eigenvalue weighted by atomic mass is 35.5. The summed E-state index contributed by atoms with van der Waals surface area (Å²) in [5, 5.41) is -0.199. The van der Waals surface area contributed by atoms with Gasteiger partial charge in [0, 0.05) is 6.20 Å². The van der Waals surface area contributed by atoms with Crippen LogP contribution in [0.25, 0.3) is 0 Å². The molecule has 90 valence electrons. The van der Waals surface area contributed by atoms with Crippen molar-refractivity contribution in [3.8, 4) is 0 Å². The first-order valence-electron chi connectivity index (χ1n) is 4.58. The molecule has 0 saturated carbocycles. The van der Waals surface area contributed by atoms with Gasteiger partial charge in [0.1, 0.15) is 5.69 Å². The number of ether oxygens (including phenoxy) is 1. The van der Waals surface area contributed by atoms with Crippen LogP contribution < -0.4 is 0 Å². The van der Waals surface area contributed by atoms with E-state index in [-0.39, 0.29) is 10.7 Å². The molecular weight excluding hydrogens is 240 g/mol. The molecule has 0 aromatic carbocycles. The standard InChI is InChI=1S/C8H6ClF2NO2.C2H6/c1-14-8(13)6-2-5(9)4(3-12-6)7(10)11;1-2/h2-3,7H,1H3;1-2H3. The zero-order valence-electron chi connectivity index (χ0n) is 9.13. The van der Waals surface area contributed by atoms with Crippen molar-refractivity contribution >= 4 is 17.6 Å². The summed E-state index contributed by atoms with van der Waals surface area (Å²) in [6.07, 6.45) is -1.85. The summed E-state index contributed by atoms with van der Waals surface area (Å²) in [5.41, 5.74) is -0.499. The van der Waals surface area contributed by atoms with Crippen LogP contribution in [0.2, 0.25) is 5.02 Å². The van der Waals surface area contributed by atoms with Crippen molar-refractivity contribution in [2.75, 3.05) is 7.11 Å². The van der Waals surface area contributed by atoms with E-state index in [1.54, 1.807) is 0 Å².